The first-order valence-corrected chi connectivity index (χ1v) is 7.08. The molecule has 0 atom stereocenters. The fourth-order valence-electron chi connectivity index (χ4n) is 1.87. The first kappa shape index (κ1) is 13.5. The van der Waals surface area contributed by atoms with Crippen molar-refractivity contribution >= 4 is 17.2 Å². The Balaban J connectivity index is 1.94. The number of rotatable bonds is 4. The molecule has 0 aromatic carbocycles. The first-order chi connectivity index (χ1) is 8.66. The molecule has 5 nitrogen and oxygen atoms in total. The van der Waals surface area contributed by atoms with E-state index in [1.54, 1.807) is 6.20 Å². The van der Waals surface area contributed by atoms with Gasteiger partial charge in [-0.15, -0.1) is 11.3 Å². The van der Waals surface area contributed by atoms with Crippen molar-refractivity contribution in [1.82, 2.24) is 20.1 Å². The van der Waals surface area contributed by atoms with E-state index in [0.29, 0.717) is 0 Å². The van der Waals surface area contributed by atoms with Crippen LogP contribution in [0.3, 0.4) is 0 Å². The number of carbonyl (C=O) groups excluding carboxylic acids is 1. The number of aromatic nitrogens is 1. The lowest BCUT2D eigenvalue weighted by Crippen LogP contribution is -2.46. The van der Waals surface area contributed by atoms with Gasteiger partial charge in [0.25, 0.3) is 5.91 Å². The lowest BCUT2D eigenvalue weighted by molar-refractivity contribution is 0.0740. The minimum atomic E-state index is 0.130. The molecule has 18 heavy (non-hydrogen) atoms. The van der Waals surface area contributed by atoms with E-state index < -0.39 is 0 Å². The fraction of sp³-hybridized carbons (Fsp3) is 0.667. The largest absolute Gasteiger partial charge is 0.335 e. The highest BCUT2D eigenvalue weighted by Gasteiger charge is 2.19. The van der Waals surface area contributed by atoms with E-state index in [1.807, 2.05) is 19.0 Å². The van der Waals surface area contributed by atoms with Crippen LogP contribution >= 0.6 is 11.3 Å². The Bertz CT molecular complexity index is 399. The van der Waals surface area contributed by atoms with Gasteiger partial charge >= 0.3 is 0 Å². The molecule has 1 amide bonds. The van der Waals surface area contributed by atoms with Gasteiger partial charge in [-0.1, -0.05) is 0 Å². The highest BCUT2D eigenvalue weighted by molar-refractivity contribution is 7.13. The second kappa shape index (κ2) is 6.26. The molecule has 1 aromatic rings. The van der Waals surface area contributed by atoms with Crippen LogP contribution in [0.5, 0.6) is 0 Å². The van der Waals surface area contributed by atoms with Gasteiger partial charge in [0.1, 0.15) is 4.88 Å². The third-order valence-corrected chi connectivity index (χ3v) is 3.99. The van der Waals surface area contributed by atoms with E-state index in [-0.39, 0.29) is 5.91 Å². The molecular formula is C12H20N4OS. The number of hydrogen-bond acceptors (Lipinski definition) is 5. The Hall–Kier alpha value is -0.980. The summed E-state index contributed by atoms with van der Waals surface area (Å²) in [5, 5.41) is 4.29. The Morgan fingerprint density at radius 2 is 2.22 bits per heavy atom. The molecule has 0 saturated carbocycles. The van der Waals surface area contributed by atoms with Crippen LogP contribution < -0.4 is 5.32 Å². The summed E-state index contributed by atoms with van der Waals surface area (Å²) in [5.41, 5.74) is 0. The zero-order chi connectivity index (χ0) is 13.0. The molecule has 1 N–H and O–H groups in total. The van der Waals surface area contributed by atoms with Crippen LogP contribution in [0.1, 0.15) is 14.7 Å². The van der Waals surface area contributed by atoms with Gasteiger partial charge in [-0.25, -0.2) is 4.98 Å². The predicted octanol–water partition coefficient (Wildman–Crippen LogP) is 0.293. The minimum Gasteiger partial charge on any atom is -0.335 e. The summed E-state index contributed by atoms with van der Waals surface area (Å²) >= 11 is 1.53. The second-order valence-electron chi connectivity index (χ2n) is 4.71. The molecular weight excluding hydrogens is 248 g/mol. The average Bonchev–Trinajstić information content (AvgIpc) is 2.85. The monoisotopic (exact) mass is 268 g/mol. The van der Waals surface area contributed by atoms with Gasteiger partial charge in [0.05, 0.1) is 11.2 Å². The molecule has 100 valence electrons. The van der Waals surface area contributed by atoms with Gasteiger partial charge in [0, 0.05) is 39.1 Å². The molecule has 0 unspecified atom stereocenters. The Labute approximate surface area is 112 Å². The number of carbonyl (C=O) groups is 1. The SMILES string of the molecule is CN(C)CCc1ncc(C(=O)N2CCNCC2)s1. The Morgan fingerprint density at radius 1 is 1.50 bits per heavy atom. The molecule has 1 saturated heterocycles. The highest BCUT2D eigenvalue weighted by atomic mass is 32.1. The zero-order valence-electron chi connectivity index (χ0n) is 11.0. The van der Waals surface area contributed by atoms with Crippen molar-refractivity contribution in [3.63, 3.8) is 0 Å². The van der Waals surface area contributed by atoms with Crippen molar-refractivity contribution in [3.8, 4) is 0 Å². The van der Waals surface area contributed by atoms with Crippen molar-refractivity contribution in [2.24, 2.45) is 0 Å². The molecule has 1 aliphatic heterocycles. The van der Waals surface area contributed by atoms with Gasteiger partial charge in [-0.2, -0.15) is 0 Å². The summed E-state index contributed by atoms with van der Waals surface area (Å²) in [6.07, 6.45) is 2.63. The Kier molecular flexibility index (Phi) is 4.68. The molecule has 0 aliphatic carbocycles. The summed E-state index contributed by atoms with van der Waals surface area (Å²) in [4.78, 5) is 21.3. The van der Waals surface area contributed by atoms with Gasteiger partial charge in [0.2, 0.25) is 0 Å². The molecule has 0 radical (unpaired) electrons. The number of amides is 1. The number of hydrogen-bond donors (Lipinski definition) is 1. The van der Waals surface area contributed by atoms with Crippen LogP contribution in [-0.4, -0.2) is 67.5 Å². The van der Waals surface area contributed by atoms with E-state index >= 15 is 0 Å². The van der Waals surface area contributed by atoms with Crippen LogP contribution in [-0.2, 0) is 6.42 Å². The van der Waals surface area contributed by atoms with E-state index in [1.165, 1.54) is 11.3 Å². The van der Waals surface area contributed by atoms with Crippen LogP contribution in [0.15, 0.2) is 6.20 Å². The van der Waals surface area contributed by atoms with Gasteiger partial charge in [0.15, 0.2) is 0 Å². The molecule has 0 spiro atoms. The number of nitrogens with one attached hydrogen (secondary N) is 1. The van der Waals surface area contributed by atoms with E-state index in [4.69, 9.17) is 0 Å². The third-order valence-electron chi connectivity index (χ3n) is 2.94. The van der Waals surface area contributed by atoms with Crippen LogP contribution in [0.2, 0.25) is 0 Å². The van der Waals surface area contributed by atoms with Crippen LogP contribution in [0.4, 0.5) is 0 Å². The maximum Gasteiger partial charge on any atom is 0.265 e. The van der Waals surface area contributed by atoms with Gasteiger partial charge < -0.3 is 15.1 Å². The van der Waals surface area contributed by atoms with Crippen molar-refractivity contribution in [3.05, 3.63) is 16.1 Å². The maximum absolute atomic E-state index is 12.2. The second-order valence-corrected chi connectivity index (χ2v) is 5.83. The van der Waals surface area contributed by atoms with E-state index in [9.17, 15) is 4.79 Å². The summed E-state index contributed by atoms with van der Waals surface area (Å²) in [7, 11) is 4.08. The first-order valence-electron chi connectivity index (χ1n) is 6.26. The quantitative estimate of drug-likeness (QED) is 0.853. The summed E-state index contributed by atoms with van der Waals surface area (Å²) in [6, 6.07) is 0. The number of piperazine rings is 1. The number of thiazole rings is 1. The smallest absolute Gasteiger partial charge is 0.265 e. The van der Waals surface area contributed by atoms with Gasteiger partial charge in [-0.05, 0) is 14.1 Å². The van der Waals surface area contributed by atoms with Crippen molar-refractivity contribution < 1.29 is 4.79 Å². The molecule has 2 heterocycles. The lowest BCUT2D eigenvalue weighted by atomic mass is 10.3. The van der Waals surface area contributed by atoms with Crippen LogP contribution in [0, 0.1) is 0 Å². The van der Waals surface area contributed by atoms with Crippen molar-refractivity contribution in [1.29, 1.82) is 0 Å². The highest BCUT2D eigenvalue weighted by Crippen LogP contribution is 2.16. The molecule has 1 aliphatic rings. The number of likely N-dealkylation sites (N-methyl/N-ethyl adjacent to an activating group) is 1. The molecule has 2 rings (SSSR count). The van der Waals surface area contributed by atoms with E-state index in [2.05, 4.69) is 15.2 Å². The van der Waals surface area contributed by atoms with Gasteiger partial charge in [-0.3, -0.25) is 4.79 Å². The normalized spacial score (nSPS) is 16.3. The predicted molar refractivity (Wildman–Crippen MR) is 73.1 cm³/mol. The molecule has 1 aromatic heterocycles. The molecule has 1 fully saturated rings. The number of nitrogens with zero attached hydrogens (tertiary/aromatic N) is 3. The third kappa shape index (κ3) is 3.51. The van der Waals surface area contributed by atoms with E-state index in [0.717, 1.165) is 49.0 Å². The molecule has 6 heteroatoms. The fourth-order valence-corrected chi connectivity index (χ4v) is 2.74. The van der Waals surface area contributed by atoms with Crippen molar-refractivity contribution in [2.75, 3.05) is 46.8 Å². The zero-order valence-corrected chi connectivity index (χ0v) is 11.8. The summed E-state index contributed by atoms with van der Waals surface area (Å²) in [6.45, 7) is 4.33. The van der Waals surface area contributed by atoms with Crippen LogP contribution in [0.25, 0.3) is 0 Å². The lowest BCUT2D eigenvalue weighted by Gasteiger charge is -2.26. The minimum absolute atomic E-state index is 0.130. The van der Waals surface area contributed by atoms with Crippen molar-refractivity contribution in [2.45, 2.75) is 6.42 Å². The molecule has 0 bridgehead atoms. The maximum atomic E-state index is 12.2. The summed E-state index contributed by atoms with van der Waals surface area (Å²) < 4.78 is 0. The standard InChI is InChI=1S/C12H20N4OS/c1-15(2)6-3-11-14-9-10(18-11)12(17)16-7-4-13-5-8-16/h9,13H,3-8H2,1-2H3. The average molecular weight is 268 g/mol. The Morgan fingerprint density at radius 3 is 2.89 bits per heavy atom. The summed E-state index contributed by atoms with van der Waals surface area (Å²) in [5.74, 6) is 0.130. The topological polar surface area (TPSA) is 48.5 Å².